The molecule has 3 rings (SSSR count). The predicted octanol–water partition coefficient (Wildman–Crippen LogP) is 3.19. The average molecular weight is 382 g/mol. The van der Waals surface area contributed by atoms with Crippen LogP contribution in [-0.4, -0.2) is 24.8 Å². The van der Waals surface area contributed by atoms with Gasteiger partial charge in [0.2, 0.25) is 0 Å². The summed E-state index contributed by atoms with van der Waals surface area (Å²) in [4.78, 5) is 11.4. The quantitative estimate of drug-likeness (QED) is 0.652. The Kier molecular flexibility index (Phi) is 4.34. The van der Waals surface area contributed by atoms with Crippen LogP contribution < -0.4 is 14.2 Å². The molecule has 25 heavy (non-hydrogen) atoms. The Bertz CT molecular complexity index is 900. The first-order valence-corrected chi connectivity index (χ1v) is 11.6. The van der Waals surface area contributed by atoms with E-state index < -0.39 is 22.8 Å². The molecule has 0 spiro atoms. The molecule has 5 nitrogen and oxygen atoms in total. The van der Waals surface area contributed by atoms with Gasteiger partial charge in [-0.05, 0) is 0 Å². The third kappa shape index (κ3) is 3.14. The van der Waals surface area contributed by atoms with E-state index in [0.717, 1.165) is 5.56 Å². The number of fused-ring (bicyclic) bond motifs is 1. The fraction of sp³-hybridized carbons (Fsp3) is 0.333. The summed E-state index contributed by atoms with van der Waals surface area (Å²) in [5.74, 6) is 0.653. The molecule has 1 heterocycles. The molecular formula is C18H23O5PS. The minimum absolute atomic E-state index is 0.0792. The molecule has 0 amide bonds. The molecule has 0 aromatic heterocycles. The van der Waals surface area contributed by atoms with E-state index in [-0.39, 0.29) is 17.0 Å². The van der Waals surface area contributed by atoms with E-state index in [1.54, 1.807) is 30.3 Å². The van der Waals surface area contributed by atoms with Gasteiger partial charge < -0.3 is 0 Å². The van der Waals surface area contributed by atoms with Crippen molar-refractivity contribution in [2.24, 2.45) is 0 Å². The summed E-state index contributed by atoms with van der Waals surface area (Å²) >= 11 is 0. The summed E-state index contributed by atoms with van der Waals surface area (Å²) in [6.07, 6.45) is 0.191. The van der Waals surface area contributed by atoms with E-state index in [1.807, 2.05) is 27.7 Å². The van der Waals surface area contributed by atoms with Crippen LogP contribution in [0.3, 0.4) is 0 Å². The van der Waals surface area contributed by atoms with Crippen molar-refractivity contribution in [2.45, 2.75) is 37.7 Å². The third-order valence-electron chi connectivity index (χ3n) is 4.59. The van der Waals surface area contributed by atoms with Gasteiger partial charge in [0.25, 0.3) is 0 Å². The summed E-state index contributed by atoms with van der Waals surface area (Å²) < 4.78 is 36.4. The van der Waals surface area contributed by atoms with Gasteiger partial charge in [0.05, 0.1) is 0 Å². The van der Waals surface area contributed by atoms with Crippen LogP contribution in [0.4, 0.5) is 0 Å². The molecule has 0 atom stereocenters. The molecule has 0 saturated heterocycles. The molecule has 1 aliphatic rings. The van der Waals surface area contributed by atoms with Gasteiger partial charge >= 0.3 is 149 Å². The summed E-state index contributed by atoms with van der Waals surface area (Å²) in [5.41, 5.74) is 0.961. The second-order valence-corrected chi connectivity index (χ2v) is 12.9. The Hall–Kier alpha value is -1.62. The van der Waals surface area contributed by atoms with Crippen molar-refractivity contribution in [2.75, 3.05) is 6.35 Å². The molecule has 0 fully saturated rings. The third-order valence-corrected chi connectivity index (χ3v) is 10.2. The van der Waals surface area contributed by atoms with Crippen LogP contribution >= 0.6 is 7.49 Å². The fourth-order valence-electron chi connectivity index (χ4n) is 2.83. The Morgan fingerprint density at radius 1 is 1.12 bits per heavy atom. The molecule has 2 aromatic rings. The molecule has 0 aliphatic carbocycles. The molecule has 136 valence electrons. The van der Waals surface area contributed by atoms with Gasteiger partial charge in [-0.25, -0.2) is 0 Å². The maximum atomic E-state index is 12.6. The van der Waals surface area contributed by atoms with Crippen molar-refractivity contribution in [1.82, 2.24) is 0 Å². The average Bonchev–Trinajstić information content (AvgIpc) is 2.87. The number of benzene rings is 2. The van der Waals surface area contributed by atoms with E-state index in [2.05, 4.69) is 0 Å². The summed E-state index contributed by atoms with van der Waals surface area (Å²) in [6, 6.07) is 11.4. The monoisotopic (exact) mass is 382 g/mol. The molecule has 0 radical (unpaired) electrons. The summed E-state index contributed by atoms with van der Waals surface area (Å²) in [6.45, 7) is 7.68. The van der Waals surface area contributed by atoms with Gasteiger partial charge in [-0.15, -0.1) is 0 Å². The van der Waals surface area contributed by atoms with E-state index in [4.69, 9.17) is 8.92 Å². The number of hydrogen-bond acceptors (Lipinski definition) is 5. The Balaban J connectivity index is 2.06. The zero-order valence-corrected chi connectivity index (χ0v) is 16.6. The van der Waals surface area contributed by atoms with Crippen LogP contribution in [0.15, 0.2) is 47.4 Å². The van der Waals surface area contributed by atoms with Gasteiger partial charge in [0.15, 0.2) is 0 Å². The fourth-order valence-corrected chi connectivity index (χ4v) is 6.64. The van der Waals surface area contributed by atoms with Gasteiger partial charge in [0, 0.05) is 0 Å². The second-order valence-electron chi connectivity index (χ2n) is 7.38. The molecule has 0 unspecified atom stereocenters. The number of hydrogen-bond donors (Lipinski definition) is 1. The first kappa shape index (κ1) is 18.2. The molecule has 1 aliphatic heterocycles. The van der Waals surface area contributed by atoms with Gasteiger partial charge in [-0.2, -0.15) is 0 Å². The molecular weight excluding hydrogens is 359 g/mol. The Morgan fingerprint density at radius 3 is 2.36 bits per heavy atom. The van der Waals surface area contributed by atoms with Crippen LogP contribution in [0, 0.1) is 6.92 Å². The number of ether oxygens (including phenoxy) is 1. The molecule has 7 heteroatoms. The normalized spacial score (nSPS) is 17.5. The number of rotatable bonds is 3. The topological polar surface area (TPSA) is 72.8 Å². The summed E-state index contributed by atoms with van der Waals surface area (Å²) in [7, 11) is -7.07. The van der Waals surface area contributed by atoms with Crippen molar-refractivity contribution in [3.8, 4) is 11.5 Å². The molecule has 0 saturated carbocycles. The van der Waals surface area contributed by atoms with Crippen LogP contribution in [0.1, 0.15) is 26.3 Å². The Morgan fingerprint density at radius 2 is 1.76 bits per heavy atom. The van der Waals surface area contributed by atoms with Crippen LogP contribution in [0.25, 0.3) is 0 Å². The van der Waals surface area contributed by atoms with Crippen LogP contribution in [0.2, 0.25) is 0 Å². The van der Waals surface area contributed by atoms with Crippen molar-refractivity contribution < 1.29 is 22.2 Å². The standard InChI is InChI=1S/C18H23O5PS/c1-13-8-10-14(11-9-13)25(20,21)23-16-7-5-6-15-17(16)24(19,12-22-15)18(2,3)4/h5-11,19,24H,12H2,1-4H3. The second kappa shape index (κ2) is 5.97. The van der Waals surface area contributed by atoms with E-state index >= 15 is 0 Å². The molecule has 0 bridgehead atoms. The zero-order chi connectivity index (χ0) is 18.5. The zero-order valence-electron chi connectivity index (χ0n) is 14.7. The van der Waals surface area contributed by atoms with Gasteiger partial charge in [-0.3, -0.25) is 0 Å². The predicted molar refractivity (Wildman–Crippen MR) is 101 cm³/mol. The molecule has 1 N–H and O–H groups in total. The van der Waals surface area contributed by atoms with Crippen molar-refractivity contribution in [3.05, 3.63) is 48.0 Å². The number of aryl methyl sites for hydroxylation is 1. The van der Waals surface area contributed by atoms with E-state index in [1.165, 1.54) is 12.1 Å². The van der Waals surface area contributed by atoms with Crippen LogP contribution in [0.5, 0.6) is 11.5 Å². The van der Waals surface area contributed by atoms with Crippen molar-refractivity contribution in [3.63, 3.8) is 0 Å². The van der Waals surface area contributed by atoms with Crippen molar-refractivity contribution >= 4 is 22.9 Å². The first-order chi connectivity index (χ1) is 11.5. The maximum absolute atomic E-state index is 12.6. The molecule has 2 aromatic carbocycles. The van der Waals surface area contributed by atoms with Crippen LogP contribution in [-0.2, 0) is 10.1 Å². The van der Waals surface area contributed by atoms with E-state index in [9.17, 15) is 13.3 Å². The Labute approximate surface area is 149 Å². The SMILES string of the molecule is Cc1ccc(S(=O)(=O)Oc2cccc3c2[PH](O)(C(C)(C)C)CO3)cc1. The minimum atomic E-state index is -3.99. The van der Waals surface area contributed by atoms with Gasteiger partial charge in [0.1, 0.15) is 0 Å². The van der Waals surface area contributed by atoms with Gasteiger partial charge in [-0.1, -0.05) is 0 Å². The first-order valence-electron chi connectivity index (χ1n) is 8.04. The van der Waals surface area contributed by atoms with Crippen molar-refractivity contribution in [1.29, 1.82) is 0 Å². The summed E-state index contributed by atoms with van der Waals surface area (Å²) in [5, 5.41) is 0.0869. The van der Waals surface area contributed by atoms with E-state index in [0.29, 0.717) is 11.1 Å².